The molecule has 1 rings (SSSR count). The van der Waals surface area contributed by atoms with Gasteiger partial charge < -0.3 is 20.6 Å². The summed E-state index contributed by atoms with van der Waals surface area (Å²) in [5.41, 5.74) is 5.18. The summed E-state index contributed by atoms with van der Waals surface area (Å²) in [7, 11) is 1.54. The Labute approximate surface area is 112 Å². The number of carbonyl (C=O) groups is 3. The molecule has 0 aromatic carbocycles. The Morgan fingerprint density at radius 1 is 1.26 bits per heavy atom. The van der Waals surface area contributed by atoms with E-state index in [1.54, 1.807) is 0 Å². The van der Waals surface area contributed by atoms with Crippen molar-refractivity contribution in [2.45, 2.75) is 38.1 Å². The van der Waals surface area contributed by atoms with Crippen LogP contribution >= 0.6 is 0 Å². The van der Waals surface area contributed by atoms with E-state index in [9.17, 15) is 14.4 Å². The van der Waals surface area contributed by atoms with Crippen LogP contribution in [0.3, 0.4) is 0 Å². The lowest BCUT2D eigenvalue weighted by molar-refractivity contribution is -0.137. The van der Waals surface area contributed by atoms with Gasteiger partial charge in [-0.15, -0.1) is 0 Å². The van der Waals surface area contributed by atoms with Crippen molar-refractivity contribution in [3.63, 3.8) is 0 Å². The first-order valence-electron chi connectivity index (χ1n) is 6.43. The molecule has 3 amide bonds. The van der Waals surface area contributed by atoms with Crippen molar-refractivity contribution in [3.8, 4) is 0 Å². The van der Waals surface area contributed by atoms with E-state index in [0.717, 1.165) is 25.7 Å². The monoisotopic (exact) mass is 271 g/mol. The van der Waals surface area contributed by atoms with Crippen molar-refractivity contribution in [3.05, 3.63) is 0 Å². The number of nitrogens with two attached hydrogens (primary N) is 1. The number of hydrogen-bond acceptors (Lipinski definition) is 3. The standard InChI is InChI=1S/C12H21N3O4/c1-14(7-6-11(17)18)12(19)15(8-10(13)16)9-4-2-3-5-9/h9H,2-8H2,1H3,(H2,13,16)(H,17,18). The molecule has 108 valence electrons. The average Bonchev–Trinajstić information content (AvgIpc) is 2.85. The van der Waals surface area contributed by atoms with Gasteiger partial charge in [0.15, 0.2) is 0 Å². The fraction of sp³-hybridized carbons (Fsp3) is 0.750. The molecule has 1 aliphatic carbocycles. The van der Waals surface area contributed by atoms with E-state index in [0.29, 0.717) is 0 Å². The SMILES string of the molecule is CN(CCC(=O)O)C(=O)N(CC(N)=O)C1CCCC1. The van der Waals surface area contributed by atoms with Gasteiger partial charge in [-0.05, 0) is 12.8 Å². The van der Waals surface area contributed by atoms with E-state index in [4.69, 9.17) is 10.8 Å². The van der Waals surface area contributed by atoms with Crippen molar-refractivity contribution in [1.29, 1.82) is 0 Å². The number of urea groups is 1. The molecule has 0 radical (unpaired) electrons. The van der Waals surface area contributed by atoms with Crippen LogP contribution in [0.1, 0.15) is 32.1 Å². The summed E-state index contributed by atoms with van der Waals surface area (Å²) in [6.07, 6.45) is 3.69. The first-order valence-corrected chi connectivity index (χ1v) is 6.43. The van der Waals surface area contributed by atoms with Gasteiger partial charge in [0.25, 0.3) is 0 Å². The van der Waals surface area contributed by atoms with Gasteiger partial charge in [-0.25, -0.2) is 4.79 Å². The number of amides is 3. The molecule has 0 spiro atoms. The topological polar surface area (TPSA) is 104 Å². The highest BCUT2D eigenvalue weighted by molar-refractivity contribution is 5.83. The highest BCUT2D eigenvalue weighted by atomic mass is 16.4. The predicted octanol–water partition coefficient (Wildman–Crippen LogP) is 0.243. The number of aliphatic carboxylic acids is 1. The number of nitrogens with zero attached hydrogens (tertiary/aromatic N) is 2. The van der Waals surface area contributed by atoms with Gasteiger partial charge in [0, 0.05) is 19.6 Å². The summed E-state index contributed by atoms with van der Waals surface area (Å²) >= 11 is 0. The smallest absolute Gasteiger partial charge is 0.320 e. The second-order valence-corrected chi connectivity index (χ2v) is 4.88. The quantitative estimate of drug-likeness (QED) is 0.722. The zero-order valence-electron chi connectivity index (χ0n) is 11.2. The molecule has 7 nitrogen and oxygen atoms in total. The second kappa shape index (κ2) is 6.96. The minimum atomic E-state index is -0.957. The number of primary amides is 1. The van der Waals surface area contributed by atoms with E-state index in [2.05, 4.69) is 0 Å². The molecule has 1 saturated carbocycles. The molecule has 0 bridgehead atoms. The zero-order chi connectivity index (χ0) is 14.4. The second-order valence-electron chi connectivity index (χ2n) is 4.88. The lowest BCUT2D eigenvalue weighted by Gasteiger charge is -2.31. The first kappa shape index (κ1) is 15.3. The average molecular weight is 271 g/mol. The summed E-state index contributed by atoms with van der Waals surface area (Å²) in [6.45, 7) is 0.0110. The number of hydrogen-bond donors (Lipinski definition) is 2. The summed E-state index contributed by atoms with van der Waals surface area (Å²) < 4.78 is 0. The van der Waals surface area contributed by atoms with E-state index < -0.39 is 11.9 Å². The summed E-state index contributed by atoms with van der Waals surface area (Å²) in [5, 5.41) is 8.61. The summed E-state index contributed by atoms with van der Waals surface area (Å²) in [4.78, 5) is 36.6. The van der Waals surface area contributed by atoms with Crippen molar-refractivity contribution >= 4 is 17.9 Å². The van der Waals surface area contributed by atoms with Crippen molar-refractivity contribution in [1.82, 2.24) is 9.80 Å². The molecule has 3 N–H and O–H groups in total. The van der Waals surface area contributed by atoms with E-state index >= 15 is 0 Å². The molecular weight excluding hydrogens is 250 g/mol. The molecule has 0 saturated heterocycles. The van der Waals surface area contributed by atoms with Crippen LogP contribution in [0.4, 0.5) is 4.79 Å². The molecule has 7 heteroatoms. The fourth-order valence-corrected chi connectivity index (χ4v) is 2.32. The third-order valence-corrected chi connectivity index (χ3v) is 3.32. The van der Waals surface area contributed by atoms with Crippen LogP contribution in [0, 0.1) is 0 Å². The normalized spacial score (nSPS) is 15.2. The maximum absolute atomic E-state index is 12.2. The number of carboxylic acids is 1. The molecule has 0 aliphatic heterocycles. The molecule has 0 aromatic heterocycles. The van der Waals surface area contributed by atoms with Crippen LogP contribution in [-0.4, -0.2) is 59.0 Å². The maximum atomic E-state index is 12.2. The minimum Gasteiger partial charge on any atom is -0.481 e. The highest BCUT2D eigenvalue weighted by Crippen LogP contribution is 2.24. The molecule has 1 aliphatic rings. The van der Waals surface area contributed by atoms with Crippen LogP contribution in [-0.2, 0) is 9.59 Å². The molecular formula is C12H21N3O4. The number of rotatable bonds is 6. The van der Waals surface area contributed by atoms with Gasteiger partial charge in [0.2, 0.25) is 5.91 Å². The third-order valence-electron chi connectivity index (χ3n) is 3.32. The zero-order valence-corrected chi connectivity index (χ0v) is 11.2. The summed E-state index contributed by atoms with van der Waals surface area (Å²) in [6, 6.07) is -0.292. The van der Waals surface area contributed by atoms with Crippen LogP contribution < -0.4 is 5.73 Å². The minimum absolute atomic E-state index is 0.0345. The van der Waals surface area contributed by atoms with E-state index in [1.807, 2.05) is 0 Å². The van der Waals surface area contributed by atoms with E-state index in [-0.39, 0.29) is 31.6 Å². The Morgan fingerprint density at radius 2 is 1.84 bits per heavy atom. The third kappa shape index (κ3) is 4.76. The Hall–Kier alpha value is -1.79. The Kier molecular flexibility index (Phi) is 5.59. The van der Waals surface area contributed by atoms with Gasteiger partial charge >= 0.3 is 12.0 Å². The van der Waals surface area contributed by atoms with Gasteiger partial charge in [0.1, 0.15) is 6.54 Å². The van der Waals surface area contributed by atoms with E-state index in [1.165, 1.54) is 16.8 Å². The molecule has 0 heterocycles. The fourth-order valence-electron chi connectivity index (χ4n) is 2.32. The van der Waals surface area contributed by atoms with Crippen LogP contribution in [0.15, 0.2) is 0 Å². The largest absolute Gasteiger partial charge is 0.481 e. The Balaban J connectivity index is 2.64. The van der Waals surface area contributed by atoms with Gasteiger partial charge in [-0.2, -0.15) is 0 Å². The van der Waals surface area contributed by atoms with Gasteiger partial charge in [-0.1, -0.05) is 12.8 Å². The number of carboxylic acid groups (broad SMARTS) is 1. The predicted molar refractivity (Wildman–Crippen MR) is 68.4 cm³/mol. The molecule has 19 heavy (non-hydrogen) atoms. The lowest BCUT2D eigenvalue weighted by atomic mass is 10.2. The van der Waals surface area contributed by atoms with Crippen LogP contribution in [0.5, 0.6) is 0 Å². The summed E-state index contributed by atoms with van der Waals surface area (Å²) in [5.74, 6) is -1.51. The van der Waals surface area contributed by atoms with Gasteiger partial charge in [-0.3, -0.25) is 9.59 Å². The number of carbonyl (C=O) groups excluding carboxylic acids is 2. The molecule has 1 fully saturated rings. The van der Waals surface area contributed by atoms with Crippen molar-refractivity contribution in [2.75, 3.05) is 20.1 Å². The molecule has 0 unspecified atom stereocenters. The van der Waals surface area contributed by atoms with Crippen LogP contribution in [0.25, 0.3) is 0 Å². The van der Waals surface area contributed by atoms with Crippen molar-refractivity contribution in [2.24, 2.45) is 5.73 Å². The molecule has 0 atom stereocenters. The Bertz CT molecular complexity index is 353. The highest BCUT2D eigenvalue weighted by Gasteiger charge is 2.29. The first-order chi connectivity index (χ1) is 8.91. The van der Waals surface area contributed by atoms with Gasteiger partial charge in [0.05, 0.1) is 6.42 Å². The lowest BCUT2D eigenvalue weighted by Crippen LogP contribution is -2.49. The maximum Gasteiger partial charge on any atom is 0.320 e. The van der Waals surface area contributed by atoms with Crippen LogP contribution in [0.2, 0.25) is 0 Å². The van der Waals surface area contributed by atoms with Crippen molar-refractivity contribution < 1.29 is 19.5 Å². The Morgan fingerprint density at radius 3 is 2.32 bits per heavy atom. The molecule has 0 aromatic rings.